The van der Waals surface area contributed by atoms with E-state index in [1.54, 1.807) is 6.20 Å². The lowest BCUT2D eigenvalue weighted by Gasteiger charge is -2.33. The molecule has 2 heterocycles. The van der Waals surface area contributed by atoms with Gasteiger partial charge in [0, 0.05) is 50.8 Å². The molecule has 0 spiro atoms. The van der Waals surface area contributed by atoms with Gasteiger partial charge in [0.1, 0.15) is 0 Å². The van der Waals surface area contributed by atoms with Crippen LogP contribution in [0.2, 0.25) is 0 Å². The SMILES string of the molecule is CSC(=Nc1cc(CN2CCN(S(C)(=O)=O)CC2)ccn1)Nc1ccc(C(C=N)=C(C)C)cc1. The lowest BCUT2D eigenvalue weighted by Crippen LogP contribution is -2.47. The number of allylic oxidation sites excluding steroid dienone is 2. The van der Waals surface area contributed by atoms with Crippen molar-refractivity contribution >= 4 is 50.2 Å². The van der Waals surface area contributed by atoms with Gasteiger partial charge in [0.15, 0.2) is 11.0 Å². The molecule has 1 fully saturated rings. The molecule has 2 N–H and O–H groups in total. The first-order valence-corrected chi connectivity index (χ1v) is 14.1. The fourth-order valence-electron chi connectivity index (χ4n) is 3.70. The molecule has 1 aromatic heterocycles. The Hall–Kier alpha value is -2.53. The summed E-state index contributed by atoms with van der Waals surface area (Å²) in [6.07, 6.45) is 6.36. The number of nitrogens with zero attached hydrogens (tertiary/aromatic N) is 4. The van der Waals surface area contributed by atoms with E-state index >= 15 is 0 Å². The highest BCUT2D eigenvalue weighted by molar-refractivity contribution is 8.13. The maximum absolute atomic E-state index is 11.7. The van der Waals surface area contributed by atoms with Crippen molar-refractivity contribution in [3.63, 3.8) is 0 Å². The highest BCUT2D eigenvalue weighted by atomic mass is 32.2. The molecule has 34 heavy (non-hydrogen) atoms. The predicted molar refractivity (Wildman–Crippen MR) is 144 cm³/mol. The van der Waals surface area contributed by atoms with Gasteiger partial charge in [-0.05, 0) is 61.1 Å². The monoisotopic (exact) mass is 500 g/mol. The number of hydrogen-bond acceptors (Lipinski definition) is 7. The first-order chi connectivity index (χ1) is 16.2. The predicted octanol–water partition coefficient (Wildman–Crippen LogP) is 4.06. The molecule has 3 rings (SSSR count). The van der Waals surface area contributed by atoms with E-state index in [-0.39, 0.29) is 0 Å². The van der Waals surface area contributed by atoms with Gasteiger partial charge in [0.05, 0.1) is 6.26 Å². The standard InChI is InChI=1S/C24H32N6O2S2/c1-18(2)22(16-25)20-5-7-21(8-6-20)27-24(33-3)28-23-15-19(9-10-26-23)17-29-11-13-30(14-12-29)34(4,31)32/h5-10,15-16,25H,11-14,17H2,1-4H3,(H,26,27,28). The fourth-order valence-corrected chi connectivity index (χ4v) is 4.93. The van der Waals surface area contributed by atoms with Crippen LogP contribution >= 0.6 is 11.8 Å². The molecule has 8 nitrogen and oxygen atoms in total. The first-order valence-electron chi connectivity index (χ1n) is 11.0. The van der Waals surface area contributed by atoms with Crippen molar-refractivity contribution in [3.8, 4) is 0 Å². The molecule has 2 aromatic rings. The molecule has 182 valence electrons. The van der Waals surface area contributed by atoms with Gasteiger partial charge < -0.3 is 10.7 Å². The highest BCUT2D eigenvalue weighted by Crippen LogP contribution is 2.21. The molecule has 0 radical (unpaired) electrons. The largest absolute Gasteiger partial charge is 0.335 e. The summed E-state index contributed by atoms with van der Waals surface area (Å²) in [6, 6.07) is 11.9. The number of amidine groups is 1. The van der Waals surface area contributed by atoms with Crippen molar-refractivity contribution < 1.29 is 8.42 Å². The zero-order chi connectivity index (χ0) is 24.7. The van der Waals surface area contributed by atoms with Crippen LogP contribution in [0.25, 0.3) is 5.57 Å². The van der Waals surface area contributed by atoms with Gasteiger partial charge in [-0.2, -0.15) is 4.31 Å². The van der Waals surface area contributed by atoms with Gasteiger partial charge >= 0.3 is 0 Å². The second-order valence-electron chi connectivity index (χ2n) is 8.34. The maximum atomic E-state index is 11.7. The summed E-state index contributed by atoms with van der Waals surface area (Å²) in [4.78, 5) is 11.3. The van der Waals surface area contributed by atoms with E-state index in [4.69, 9.17) is 5.41 Å². The Kier molecular flexibility index (Phi) is 9.01. The molecule has 0 bridgehead atoms. The van der Waals surface area contributed by atoms with E-state index in [2.05, 4.69) is 20.2 Å². The summed E-state index contributed by atoms with van der Waals surface area (Å²) in [6.45, 7) is 7.17. The number of nitrogens with one attached hydrogen (secondary N) is 2. The van der Waals surface area contributed by atoms with Crippen molar-refractivity contribution in [2.45, 2.75) is 20.4 Å². The molecule has 10 heteroatoms. The third-order valence-electron chi connectivity index (χ3n) is 5.56. The second-order valence-corrected chi connectivity index (χ2v) is 11.1. The molecule has 0 saturated carbocycles. The Morgan fingerprint density at radius 1 is 1.18 bits per heavy atom. The molecular weight excluding hydrogens is 468 g/mol. The number of aliphatic imine (C=N–C) groups is 1. The topological polar surface area (TPSA) is 102 Å². The summed E-state index contributed by atoms with van der Waals surface area (Å²) in [5.74, 6) is 0.622. The van der Waals surface area contributed by atoms with Gasteiger partial charge in [0.2, 0.25) is 10.0 Å². The number of pyridine rings is 1. The van der Waals surface area contributed by atoms with Gasteiger partial charge in [-0.3, -0.25) is 4.90 Å². The van der Waals surface area contributed by atoms with Crippen LogP contribution in [-0.4, -0.2) is 72.7 Å². The third kappa shape index (κ3) is 7.23. The Morgan fingerprint density at radius 2 is 1.85 bits per heavy atom. The molecular formula is C24H32N6O2S2. The molecule has 0 amide bonds. The summed E-state index contributed by atoms with van der Waals surface area (Å²) >= 11 is 1.50. The molecule has 1 aliphatic rings. The van der Waals surface area contributed by atoms with E-state index in [0.29, 0.717) is 32.0 Å². The van der Waals surface area contributed by atoms with Gasteiger partial charge in [-0.1, -0.05) is 29.5 Å². The van der Waals surface area contributed by atoms with Crippen molar-refractivity contribution in [2.24, 2.45) is 4.99 Å². The number of aromatic nitrogens is 1. The van der Waals surface area contributed by atoms with E-state index in [0.717, 1.165) is 39.7 Å². The van der Waals surface area contributed by atoms with Crippen LogP contribution in [-0.2, 0) is 16.6 Å². The lowest BCUT2D eigenvalue weighted by atomic mass is 10.0. The number of piperazine rings is 1. The van der Waals surface area contributed by atoms with Crippen LogP contribution in [0.15, 0.2) is 53.2 Å². The van der Waals surface area contributed by atoms with Crippen molar-refractivity contribution in [1.29, 1.82) is 5.41 Å². The zero-order valence-corrected chi connectivity index (χ0v) is 21.7. The minimum Gasteiger partial charge on any atom is -0.335 e. The normalized spacial score (nSPS) is 15.7. The average molecular weight is 501 g/mol. The lowest BCUT2D eigenvalue weighted by molar-refractivity contribution is 0.182. The van der Waals surface area contributed by atoms with Gasteiger partial charge in [-0.15, -0.1) is 0 Å². The molecule has 1 saturated heterocycles. The quantitative estimate of drug-likeness (QED) is 0.439. The van der Waals surface area contributed by atoms with Crippen molar-refractivity contribution in [2.75, 3.05) is 44.0 Å². The Morgan fingerprint density at radius 3 is 2.41 bits per heavy atom. The minimum atomic E-state index is -3.13. The van der Waals surface area contributed by atoms with E-state index in [1.807, 2.05) is 56.5 Å². The molecule has 0 aliphatic carbocycles. The number of hydrogen-bond donors (Lipinski definition) is 2. The van der Waals surface area contributed by atoms with Crippen LogP contribution in [0.4, 0.5) is 11.5 Å². The second kappa shape index (κ2) is 11.7. The van der Waals surface area contributed by atoms with Crippen LogP contribution in [0.3, 0.4) is 0 Å². The zero-order valence-electron chi connectivity index (χ0n) is 20.1. The van der Waals surface area contributed by atoms with E-state index in [9.17, 15) is 8.42 Å². The van der Waals surface area contributed by atoms with Gasteiger partial charge in [0.25, 0.3) is 0 Å². The highest BCUT2D eigenvalue weighted by Gasteiger charge is 2.23. The molecule has 1 aromatic carbocycles. The van der Waals surface area contributed by atoms with Crippen LogP contribution in [0.1, 0.15) is 25.0 Å². The summed E-state index contributed by atoms with van der Waals surface area (Å²) in [7, 11) is -3.13. The average Bonchev–Trinajstić information content (AvgIpc) is 2.80. The number of anilines is 1. The number of sulfonamides is 1. The van der Waals surface area contributed by atoms with E-state index in [1.165, 1.54) is 28.5 Å². The van der Waals surface area contributed by atoms with E-state index < -0.39 is 10.0 Å². The number of benzene rings is 1. The maximum Gasteiger partial charge on any atom is 0.211 e. The van der Waals surface area contributed by atoms with Gasteiger partial charge in [-0.25, -0.2) is 18.4 Å². The minimum absolute atomic E-state index is 0.517. The Balaban J connectivity index is 1.66. The smallest absolute Gasteiger partial charge is 0.211 e. The summed E-state index contributed by atoms with van der Waals surface area (Å²) < 4.78 is 24.9. The van der Waals surface area contributed by atoms with Crippen molar-refractivity contribution in [1.82, 2.24) is 14.2 Å². The van der Waals surface area contributed by atoms with Crippen LogP contribution < -0.4 is 5.32 Å². The number of rotatable bonds is 7. The molecule has 0 atom stereocenters. The summed E-state index contributed by atoms with van der Waals surface area (Å²) in [5.41, 5.74) is 5.03. The Bertz CT molecular complexity index is 1160. The molecule has 0 unspecified atom stereocenters. The van der Waals surface area contributed by atoms with Crippen LogP contribution in [0.5, 0.6) is 0 Å². The third-order valence-corrected chi connectivity index (χ3v) is 7.44. The first kappa shape index (κ1) is 26.1. The fraction of sp³-hybridized carbons (Fsp3) is 0.375. The number of thioether (sulfide) groups is 1. The Labute approximate surface area is 206 Å². The van der Waals surface area contributed by atoms with Crippen LogP contribution in [0, 0.1) is 5.41 Å². The van der Waals surface area contributed by atoms with Crippen molar-refractivity contribution in [3.05, 3.63) is 59.3 Å². The summed E-state index contributed by atoms with van der Waals surface area (Å²) in [5, 5.41) is 11.7. The molecule has 1 aliphatic heterocycles.